The lowest BCUT2D eigenvalue weighted by atomic mass is 9.96. The Balaban J connectivity index is 3.69. The number of ketones is 1. The Kier molecular flexibility index (Phi) is 2.88. The Morgan fingerprint density at radius 3 is 2.20 bits per heavy atom. The van der Waals surface area contributed by atoms with Gasteiger partial charge in [0.05, 0.1) is 10.5 Å². The molecule has 0 heterocycles. The zero-order valence-electron chi connectivity index (χ0n) is 9.25. The van der Waals surface area contributed by atoms with Crippen molar-refractivity contribution in [2.45, 2.75) is 27.7 Å². The van der Waals surface area contributed by atoms with E-state index in [1.807, 2.05) is 0 Å². The van der Waals surface area contributed by atoms with E-state index in [1.54, 1.807) is 26.8 Å². The highest BCUT2D eigenvalue weighted by molar-refractivity contribution is 6.00. The van der Waals surface area contributed by atoms with Gasteiger partial charge < -0.3 is 0 Å². The first-order chi connectivity index (χ1) is 6.86. The minimum atomic E-state index is -0.480. The summed E-state index contributed by atoms with van der Waals surface area (Å²) >= 11 is 0. The molecule has 1 aromatic carbocycles. The number of hydrogen-bond donors (Lipinski definition) is 0. The maximum absolute atomic E-state index is 11.4. The van der Waals surface area contributed by atoms with E-state index in [2.05, 4.69) is 0 Å². The van der Waals surface area contributed by atoms with Crippen molar-refractivity contribution < 1.29 is 9.72 Å². The van der Waals surface area contributed by atoms with Crippen molar-refractivity contribution in [1.82, 2.24) is 0 Å². The van der Waals surface area contributed by atoms with Crippen molar-refractivity contribution in [3.05, 3.63) is 38.4 Å². The Morgan fingerprint density at radius 2 is 1.80 bits per heavy atom. The molecule has 0 atom stereocenters. The van der Waals surface area contributed by atoms with E-state index in [4.69, 9.17) is 0 Å². The Labute approximate surface area is 88.1 Å². The minimum absolute atomic E-state index is 0.0556. The molecule has 0 fully saturated rings. The van der Waals surface area contributed by atoms with E-state index < -0.39 is 4.92 Å². The number of carbonyl (C=O) groups is 1. The summed E-state index contributed by atoms with van der Waals surface area (Å²) in [6.45, 7) is 6.54. The summed E-state index contributed by atoms with van der Waals surface area (Å²) in [6, 6.07) is 1.80. The quantitative estimate of drug-likeness (QED) is 0.425. The van der Waals surface area contributed by atoms with Gasteiger partial charge in [-0.2, -0.15) is 0 Å². The van der Waals surface area contributed by atoms with Gasteiger partial charge in [0.15, 0.2) is 5.78 Å². The second-order valence-electron chi connectivity index (χ2n) is 3.67. The number of nitro benzene ring substituents is 1. The Hall–Kier alpha value is -1.71. The standard InChI is InChI=1S/C11H13NO3/c1-6-5-7(2)10(9(4)13)11(8(6)3)12(14)15/h5H,1-4H3. The average Bonchev–Trinajstić information content (AvgIpc) is 2.09. The molecular formula is C11H13NO3. The predicted molar refractivity (Wildman–Crippen MR) is 57.3 cm³/mol. The molecule has 0 aliphatic carbocycles. The molecule has 1 rings (SSSR count). The van der Waals surface area contributed by atoms with E-state index in [9.17, 15) is 14.9 Å². The first-order valence-electron chi connectivity index (χ1n) is 4.62. The smallest absolute Gasteiger partial charge is 0.283 e. The van der Waals surface area contributed by atoms with Gasteiger partial charge in [-0.15, -0.1) is 0 Å². The van der Waals surface area contributed by atoms with Crippen LogP contribution in [-0.4, -0.2) is 10.7 Å². The molecular weight excluding hydrogens is 194 g/mol. The van der Waals surface area contributed by atoms with Crippen molar-refractivity contribution in [2.75, 3.05) is 0 Å². The van der Waals surface area contributed by atoms with Crippen LogP contribution in [0.3, 0.4) is 0 Å². The van der Waals surface area contributed by atoms with Gasteiger partial charge in [0.25, 0.3) is 5.69 Å². The molecule has 0 amide bonds. The van der Waals surface area contributed by atoms with E-state index in [0.717, 1.165) is 5.56 Å². The van der Waals surface area contributed by atoms with Gasteiger partial charge in [0.2, 0.25) is 0 Å². The number of carbonyl (C=O) groups excluding carboxylic acids is 1. The second-order valence-corrected chi connectivity index (χ2v) is 3.67. The molecule has 0 unspecified atom stereocenters. The highest BCUT2D eigenvalue weighted by Crippen LogP contribution is 2.29. The van der Waals surface area contributed by atoms with Gasteiger partial charge >= 0.3 is 0 Å². The van der Waals surface area contributed by atoms with Crippen LogP contribution in [0.2, 0.25) is 0 Å². The van der Waals surface area contributed by atoms with Crippen LogP contribution in [-0.2, 0) is 0 Å². The summed E-state index contributed by atoms with van der Waals surface area (Å²) in [5.41, 5.74) is 2.24. The summed E-state index contributed by atoms with van der Waals surface area (Å²) < 4.78 is 0. The Morgan fingerprint density at radius 1 is 1.27 bits per heavy atom. The Bertz CT molecular complexity index is 450. The summed E-state index contributed by atoms with van der Waals surface area (Å²) in [4.78, 5) is 21.8. The summed E-state index contributed by atoms with van der Waals surface area (Å²) in [5, 5.41) is 10.9. The number of Topliss-reactive ketones (excluding diaryl/α,β-unsaturated/α-hetero) is 1. The number of aryl methyl sites for hydroxylation is 2. The van der Waals surface area contributed by atoms with Crippen LogP contribution in [0, 0.1) is 30.9 Å². The van der Waals surface area contributed by atoms with Crippen LogP contribution in [0.25, 0.3) is 0 Å². The van der Waals surface area contributed by atoms with Crippen molar-refractivity contribution in [3.63, 3.8) is 0 Å². The molecule has 0 N–H and O–H groups in total. The molecule has 0 saturated carbocycles. The molecule has 0 saturated heterocycles. The van der Waals surface area contributed by atoms with Crippen LogP contribution in [0.5, 0.6) is 0 Å². The van der Waals surface area contributed by atoms with Crippen molar-refractivity contribution in [2.24, 2.45) is 0 Å². The van der Waals surface area contributed by atoms with E-state index in [-0.39, 0.29) is 17.0 Å². The van der Waals surface area contributed by atoms with E-state index >= 15 is 0 Å². The van der Waals surface area contributed by atoms with Crippen LogP contribution < -0.4 is 0 Å². The van der Waals surface area contributed by atoms with E-state index in [1.165, 1.54) is 6.92 Å². The second kappa shape index (κ2) is 3.81. The maximum Gasteiger partial charge on any atom is 0.283 e. The fourth-order valence-corrected chi connectivity index (χ4v) is 1.74. The lowest BCUT2D eigenvalue weighted by Crippen LogP contribution is -2.06. The van der Waals surface area contributed by atoms with Crippen molar-refractivity contribution in [3.8, 4) is 0 Å². The number of hydrogen-bond acceptors (Lipinski definition) is 3. The monoisotopic (exact) mass is 207 g/mol. The van der Waals surface area contributed by atoms with Crippen LogP contribution in [0.1, 0.15) is 34.0 Å². The maximum atomic E-state index is 11.4. The lowest BCUT2D eigenvalue weighted by Gasteiger charge is -2.08. The molecule has 0 aliphatic heterocycles. The fourth-order valence-electron chi connectivity index (χ4n) is 1.74. The summed E-state index contributed by atoms with van der Waals surface area (Å²) in [5.74, 6) is -0.262. The van der Waals surface area contributed by atoms with Crippen molar-refractivity contribution >= 4 is 11.5 Å². The molecule has 4 nitrogen and oxygen atoms in total. The number of benzene rings is 1. The topological polar surface area (TPSA) is 60.2 Å². The molecule has 1 aromatic rings. The largest absolute Gasteiger partial charge is 0.294 e. The van der Waals surface area contributed by atoms with Crippen molar-refractivity contribution in [1.29, 1.82) is 0 Å². The third-order valence-corrected chi connectivity index (χ3v) is 2.55. The zero-order valence-corrected chi connectivity index (χ0v) is 9.25. The third kappa shape index (κ3) is 1.88. The van der Waals surface area contributed by atoms with Gasteiger partial charge in [-0.3, -0.25) is 14.9 Å². The number of rotatable bonds is 2. The SMILES string of the molecule is CC(=O)c1c(C)cc(C)c(C)c1[N+](=O)[O-]. The van der Waals surface area contributed by atoms with E-state index in [0.29, 0.717) is 11.1 Å². The molecule has 0 aromatic heterocycles. The molecule has 15 heavy (non-hydrogen) atoms. The normalized spacial score (nSPS) is 10.1. The lowest BCUT2D eigenvalue weighted by molar-refractivity contribution is -0.385. The third-order valence-electron chi connectivity index (χ3n) is 2.55. The summed E-state index contributed by atoms with van der Waals surface area (Å²) in [6.07, 6.45) is 0. The highest BCUT2D eigenvalue weighted by atomic mass is 16.6. The zero-order chi connectivity index (χ0) is 11.7. The number of nitrogens with zero attached hydrogens (tertiary/aromatic N) is 1. The first kappa shape index (κ1) is 11.4. The molecule has 0 spiro atoms. The van der Waals surface area contributed by atoms with Gasteiger partial charge in [-0.1, -0.05) is 6.07 Å². The van der Waals surface area contributed by atoms with Gasteiger partial charge in [-0.05, 0) is 38.8 Å². The van der Waals surface area contributed by atoms with Gasteiger partial charge in [0.1, 0.15) is 0 Å². The first-order valence-corrected chi connectivity index (χ1v) is 4.62. The van der Waals surface area contributed by atoms with Crippen LogP contribution >= 0.6 is 0 Å². The number of nitro groups is 1. The highest BCUT2D eigenvalue weighted by Gasteiger charge is 2.23. The predicted octanol–water partition coefficient (Wildman–Crippen LogP) is 2.72. The van der Waals surface area contributed by atoms with Crippen LogP contribution in [0.15, 0.2) is 6.07 Å². The molecule has 0 radical (unpaired) electrons. The summed E-state index contributed by atoms with van der Waals surface area (Å²) in [7, 11) is 0. The minimum Gasteiger partial charge on any atom is -0.294 e. The average molecular weight is 207 g/mol. The molecule has 80 valence electrons. The molecule has 0 bridgehead atoms. The fraction of sp³-hybridized carbons (Fsp3) is 0.364. The van der Waals surface area contributed by atoms with Gasteiger partial charge in [-0.25, -0.2) is 0 Å². The van der Waals surface area contributed by atoms with Gasteiger partial charge in [0, 0.05) is 5.56 Å². The molecule has 0 aliphatic rings. The van der Waals surface area contributed by atoms with Crippen LogP contribution in [0.4, 0.5) is 5.69 Å². The molecule has 4 heteroatoms.